The Morgan fingerprint density at radius 2 is 1.74 bits per heavy atom. The molecule has 4 heteroatoms. The van der Waals surface area contributed by atoms with Gasteiger partial charge in [-0.05, 0) is 19.3 Å². The Morgan fingerprint density at radius 3 is 2.32 bits per heavy atom. The molecule has 114 valence electrons. The summed E-state index contributed by atoms with van der Waals surface area (Å²) in [7, 11) is 2.10. The van der Waals surface area contributed by atoms with Gasteiger partial charge in [0.2, 0.25) is 0 Å². The van der Waals surface area contributed by atoms with Gasteiger partial charge in [-0.25, -0.2) is 4.79 Å². The van der Waals surface area contributed by atoms with Crippen molar-refractivity contribution in [2.75, 3.05) is 6.61 Å². The van der Waals surface area contributed by atoms with Gasteiger partial charge < -0.3 is 9.26 Å². The number of rotatable bonds is 12. The van der Waals surface area contributed by atoms with Crippen molar-refractivity contribution >= 4 is 15.4 Å². The Kier molecular flexibility index (Phi) is 12.8. The molecule has 0 aromatic carbocycles. The van der Waals surface area contributed by atoms with Crippen molar-refractivity contribution in [1.29, 1.82) is 0 Å². The molecule has 0 fully saturated rings. The maximum absolute atomic E-state index is 11.5. The first-order valence-electron chi connectivity index (χ1n) is 7.67. The van der Waals surface area contributed by atoms with Crippen LogP contribution in [0.15, 0.2) is 0 Å². The smallest absolute Gasteiger partial charge is 0.335 e. The lowest BCUT2D eigenvalue weighted by Gasteiger charge is -2.16. The summed E-state index contributed by atoms with van der Waals surface area (Å²) in [6.45, 7) is 6.62. The molecule has 3 unspecified atom stereocenters. The molecule has 19 heavy (non-hydrogen) atoms. The summed E-state index contributed by atoms with van der Waals surface area (Å²) in [5.41, 5.74) is 0. The van der Waals surface area contributed by atoms with E-state index in [2.05, 4.69) is 23.3 Å². The molecule has 0 spiro atoms. The third-order valence-electron chi connectivity index (χ3n) is 3.54. The van der Waals surface area contributed by atoms with Crippen molar-refractivity contribution in [2.45, 2.75) is 78.2 Å². The number of hydrogen-bond acceptors (Lipinski definition) is 3. The van der Waals surface area contributed by atoms with E-state index in [-0.39, 0.29) is 5.97 Å². The number of esters is 1. The second kappa shape index (κ2) is 12.9. The number of unbranched alkanes of at least 4 members (excludes halogenated alkanes) is 5. The van der Waals surface area contributed by atoms with Gasteiger partial charge in [0.1, 0.15) is 0 Å². The number of hydrogen-bond donors (Lipinski definition) is 0. The standard InChI is InChI=1S/C15H31O3P/c1-4-6-7-8-9-10-11-14(5-2)12-17-15(16)13(3)18-19/h13-14H,4-12,19H2,1-3H3. The second-order valence-electron chi connectivity index (χ2n) is 5.24. The highest BCUT2D eigenvalue weighted by molar-refractivity contribution is 7.09. The molecule has 0 bridgehead atoms. The average Bonchev–Trinajstić information content (AvgIpc) is 2.44. The Bertz CT molecular complexity index is 221. The second-order valence-corrected chi connectivity index (χ2v) is 5.51. The summed E-state index contributed by atoms with van der Waals surface area (Å²) >= 11 is 0. The van der Waals surface area contributed by atoms with Gasteiger partial charge in [-0.1, -0.05) is 58.8 Å². The van der Waals surface area contributed by atoms with Gasteiger partial charge in [-0.15, -0.1) is 0 Å². The molecule has 0 aliphatic rings. The Labute approximate surface area is 121 Å². The van der Waals surface area contributed by atoms with Gasteiger partial charge >= 0.3 is 5.97 Å². The summed E-state index contributed by atoms with van der Waals surface area (Å²) in [5.74, 6) is 0.225. The highest BCUT2D eigenvalue weighted by Crippen LogP contribution is 2.16. The van der Waals surface area contributed by atoms with Crippen molar-refractivity contribution in [2.24, 2.45) is 5.92 Å². The number of ether oxygens (including phenoxy) is 1. The quantitative estimate of drug-likeness (QED) is 0.301. The molecule has 0 saturated heterocycles. The summed E-state index contributed by atoms with van der Waals surface area (Å²) in [6, 6.07) is 0. The van der Waals surface area contributed by atoms with Gasteiger partial charge in [0, 0.05) is 9.47 Å². The molecule has 3 nitrogen and oxygen atoms in total. The maximum atomic E-state index is 11.5. The fraction of sp³-hybridized carbons (Fsp3) is 0.933. The predicted octanol–water partition coefficient (Wildman–Crippen LogP) is 4.50. The predicted molar refractivity (Wildman–Crippen MR) is 83.0 cm³/mol. The first-order chi connectivity index (χ1) is 9.15. The Hall–Kier alpha value is -0.140. The summed E-state index contributed by atoms with van der Waals surface area (Å²) < 4.78 is 10.1. The molecule has 3 atom stereocenters. The molecule has 0 N–H and O–H groups in total. The van der Waals surface area contributed by atoms with Crippen molar-refractivity contribution in [1.82, 2.24) is 0 Å². The Balaban J connectivity index is 3.63. The van der Waals surface area contributed by atoms with Crippen LogP contribution in [0.25, 0.3) is 0 Å². The zero-order valence-corrected chi connectivity index (χ0v) is 14.0. The molecule has 0 saturated carbocycles. The zero-order valence-electron chi connectivity index (χ0n) is 12.8. The molecule has 0 aromatic heterocycles. The van der Waals surface area contributed by atoms with E-state index in [1.165, 1.54) is 38.5 Å². The minimum Gasteiger partial charge on any atom is -0.463 e. The van der Waals surface area contributed by atoms with E-state index >= 15 is 0 Å². The van der Waals surface area contributed by atoms with E-state index in [1.54, 1.807) is 6.92 Å². The van der Waals surface area contributed by atoms with E-state index in [4.69, 9.17) is 9.26 Å². The van der Waals surface area contributed by atoms with E-state index in [0.29, 0.717) is 12.5 Å². The summed E-state index contributed by atoms with van der Waals surface area (Å²) in [5, 5.41) is 0. The molecule has 0 aliphatic carbocycles. The van der Waals surface area contributed by atoms with Crippen molar-refractivity contribution in [3.05, 3.63) is 0 Å². The van der Waals surface area contributed by atoms with Crippen molar-refractivity contribution < 1.29 is 14.1 Å². The maximum Gasteiger partial charge on any atom is 0.335 e. The average molecular weight is 290 g/mol. The fourth-order valence-electron chi connectivity index (χ4n) is 1.99. The van der Waals surface area contributed by atoms with Gasteiger partial charge in [0.05, 0.1) is 6.61 Å². The van der Waals surface area contributed by atoms with E-state index in [0.717, 1.165) is 12.8 Å². The van der Waals surface area contributed by atoms with Crippen LogP contribution in [0.2, 0.25) is 0 Å². The van der Waals surface area contributed by atoms with Crippen LogP contribution in [-0.4, -0.2) is 18.7 Å². The van der Waals surface area contributed by atoms with Gasteiger partial charge in [-0.3, -0.25) is 0 Å². The van der Waals surface area contributed by atoms with Crippen LogP contribution in [0.4, 0.5) is 0 Å². The largest absolute Gasteiger partial charge is 0.463 e. The van der Waals surface area contributed by atoms with Crippen molar-refractivity contribution in [3.8, 4) is 0 Å². The highest BCUT2D eigenvalue weighted by atomic mass is 31.0. The zero-order chi connectivity index (χ0) is 14.5. The van der Waals surface area contributed by atoms with E-state index in [9.17, 15) is 4.79 Å². The van der Waals surface area contributed by atoms with Crippen LogP contribution in [-0.2, 0) is 14.1 Å². The monoisotopic (exact) mass is 290 g/mol. The molecule has 0 rings (SSSR count). The lowest BCUT2D eigenvalue weighted by molar-refractivity contribution is -0.152. The molecular formula is C15H31O3P. The lowest BCUT2D eigenvalue weighted by atomic mass is 9.98. The third-order valence-corrected chi connectivity index (χ3v) is 3.95. The lowest BCUT2D eigenvalue weighted by Crippen LogP contribution is -2.23. The molecule has 0 aliphatic heterocycles. The summed E-state index contributed by atoms with van der Waals surface area (Å²) in [4.78, 5) is 11.5. The van der Waals surface area contributed by atoms with Crippen LogP contribution in [0, 0.1) is 5.92 Å². The molecule has 0 heterocycles. The van der Waals surface area contributed by atoms with E-state index < -0.39 is 6.10 Å². The fourth-order valence-corrected chi connectivity index (χ4v) is 2.10. The highest BCUT2D eigenvalue weighted by Gasteiger charge is 2.15. The van der Waals surface area contributed by atoms with Crippen LogP contribution < -0.4 is 0 Å². The molecule has 0 amide bonds. The first kappa shape index (κ1) is 18.9. The van der Waals surface area contributed by atoms with Crippen molar-refractivity contribution in [3.63, 3.8) is 0 Å². The normalized spacial score (nSPS) is 14.1. The van der Waals surface area contributed by atoms with E-state index in [1.807, 2.05) is 0 Å². The first-order valence-corrected chi connectivity index (χ1v) is 8.14. The van der Waals surface area contributed by atoms with Crippen LogP contribution in [0.1, 0.15) is 72.1 Å². The minimum absolute atomic E-state index is 0.267. The van der Waals surface area contributed by atoms with Crippen LogP contribution >= 0.6 is 9.47 Å². The van der Waals surface area contributed by atoms with Crippen LogP contribution in [0.3, 0.4) is 0 Å². The molecule has 0 aromatic rings. The van der Waals surface area contributed by atoms with Gasteiger partial charge in [-0.2, -0.15) is 0 Å². The topological polar surface area (TPSA) is 35.5 Å². The molecular weight excluding hydrogens is 259 g/mol. The van der Waals surface area contributed by atoms with Gasteiger partial charge in [0.25, 0.3) is 0 Å². The Morgan fingerprint density at radius 1 is 1.11 bits per heavy atom. The SMILES string of the molecule is CCCCCCCCC(CC)COC(=O)C(C)OP. The summed E-state index contributed by atoms with van der Waals surface area (Å²) in [6.07, 6.45) is 9.62. The number of carbonyl (C=O) groups excluding carboxylic acids is 1. The third kappa shape index (κ3) is 10.3. The number of carbonyl (C=O) groups is 1. The van der Waals surface area contributed by atoms with Gasteiger partial charge in [0.15, 0.2) is 6.10 Å². The van der Waals surface area contributed by atoms with Crippen LogP contribution in [0.5, 0.6) is 0 Å². The molecule has 0 radical (unpaired) electrons. The minimum atomic E-state index is -0.489.